The van der Waals surface area contributed by atoms with Gasteiger partial charge in [0.2, 0.25) is 10.0 Å². The van der Waals surface area contributed by atoms with E-state index in [0.717, 1.165) is 12.0 Å². The van der Waals surface area contributed by atoms with E-state index >= 15 is 0 Å². The molecular formula is C18H25N3O2S. The minimum absolute atomic E-state index is 0.0663. The molecule has 5 nitrogen and oxygen atoms in total. The molecule has 1 aromatic carbocycles. The lowest BCUT2D eigenvalue weighted by Gasteiger charge is -2.23. The van der Waals surface area contributed by atoms with Crippen LogP contribution in [0.1, 0.15) is 50.4 Å². The number of hydrogen-bond donors (Lipinski definition) is 2. The number of rotatable bonds is 8. The van der Waals surface area contributed by atoms with Gasteiger partial charge in [-0.25, -0.2) is 8.42 Å². The first-order valence-corrected chi connectivity index (χ1v) is 9.86. The van der Waals surface area contributed by atoms with Gasteiger partial charge < -0.3 is 5.32 Å². The fraction of sp³-hybridized carbons (Fsp3) is 0.389. The monoisotopic (exact) mass is 347 g/mol. The topological polar surface area (TPSA) is 71.1 Å². The third-order valence-corrected chi connectivity index (χ3v) is 5.34. The normalized spacial score (nSPS) is 14.1. The third-order valence-electron chi connectivity index (χ3n) is 4.03. The van der Waals surface area contributed by atoms with Gasteiger partial charge in [0.05, 0.1) is 5.75 Å². The van der Waals surface area contributed by atoms with Crippen LogP contribution in [0, 0.1) is 0 Å². The van der Waals surface area contributed by atoms with Crippen molar-refractivity contribution >= 4 is 15.7 Å². The van der Waals surface area contributed by atoms with Crippen LogP contribution < -0.4 is 10.0 Å². The second kappa shape index (κ2) is 8.26. The van der Waals surface area contributed by atoms with Crippen LogP contribution in [0.4, 0.5) is 5.69 Å². The Balaban J connectivity index is 2.05. The van der Waals surface area contributed by atoms with E-state index in [-0.39, 0.29) is 17.8 Å². The Hall–Kier alpha value is -1.92. The van der Waals surface area contributed by atoms with Gasteiger partial charge in [0, 0.05) is 30.2 Å². The summed E-state index contributed by atoms with van der Waals surface area (Å²) in [4.78, 5) is 4.06. The number of pyridine rings is 1. The van der Waals surface area contributed by atoms with Gasteiger partial charge in [-0.15, -0.1) is 0 Å². The third kappa shape index (κ3) is 5.04. The zero-order chi connectivity index (χ0) is 17.6. The van der Waals surface area contributed by atoms with Crippen LogP contribution in [0.25, 0.3) is 0 Å². The standard InChI is InChI=1S/C18H25N3O2S/c1-4-18(16-10-12-19-13-11-16)20-14(3)15-6-8-17(9-7-15)21-24(22,23)5-2/h6-14,18,20-21H,4-5H2,1-3H3/t14-,18+/m1/s1. The number of benzene rings is 1. The van der Waals surface area contributed by atoms with Crippen molar-refractivity contribution in [2.45, 2.75) is 39.3 Å². The molecule has 0 saturated carbocycles. The van der Waals surface area contributed by atoms with E-state index in [1.54, 1.807) is 31.5 Å². The Labute approximate surface area is 144 Å². The van der Waals surface area contributed by atoms with Gasteiger partial charge in [-0.3, -0.25) is 9.71 Å². The van der Waals surface area contributed by atoms with Crippen LogP contribution in [-0.2, 0) is 10.0 Å². The maximum absolute atomic E-state index is 11.6. The highest BCUT2D eigenvalue weighted by Crippen LogP contribution is 2.23. The van der Waals surface area contributed by atoms with Crippen molar-refractivity contribution in [3.05, 3.63) is 59.9 Å². The predicted molar refractivity (Wildman–Crippen MR) is 98.3 cm³/mol. The number of nitrogens with zero attached hydrogens (tertiary/aromatic N) is 1. The first-order valence-electron chi connectivity index (χ1n) is 8.21. The molecule has 0 aliphatic rings. The molecule has 130 valence electrons. The summed E-state index contributed by atoms with van der Waals surface area (Å²) >= 11 is 0. The molecule has 0 saturated heterocycles. The van der Waals surface area contributed by atoms with E-state index in [2.05, 4.69) is 28.9 Å². The molecule has 2 atom stereocenters. The first-order chi connectivity index (χ1) is 11.4. The van der Waals surface area contributed by atoms with Crippen LogP contribution in [-0.4, -0.2) is 19.2 Å². The summed E-state index contributed by atoms with van der Waals surface area (Å²) in [5.41, 5.74) is 2.92. The van der Waals surface area contributed by atoms with Crippen molar-refractivity contribution < 1.29 is 8.42 Å². The van der Waals surface area contributed by atoms with Crippen LogP contribution in [0.5, 0.6) is 0 Å². The summed E-state index contributed by atoms with van der Waals surface area (Å²) in [6.45, 7) is 5.87. The van der Waals surface area contributed by atoms with E-state index in [1.807, 2.05) is 24.3 Å². The number of sulfonamides is 1. The lowest BCUT2D eigenvalue weighted by Crippen LogP contribution is -2.24. The zero-order valence-corrected chi connectivity index (χ0v) is 15.2. The largest absolute Gasteiger partial charge is 0.303 e. The van der Waals surface area contributed by atoms with E-state index in [4.69, 9.17) is 0 Å². The maximum Gasteiger partial charge on any atom is 0.232 e. The highest BCUT2D eigenvalue weighted by atomic mass is 32.2. The second-order valence-electron chi connectivity index (χ2n) is 5.76. The molecule has 0 bridgehead atoms. The minimum atomic E-state index is -3.24. The van der Waals surface area contributed by atoms with Gasteiger partial charge in [-0.05, 0) is 55.7 Å². The molecule has 0 amide bonds. The molecule has 0 fully saturated rings. The van der Waals surface area contributed by atoms with Crippen LogP contribution in [0.3, 0.4) is 0 Å². The Kier molecular flexibility index (Phi) is 6.34. The second-order valence-corrected chi connectivity index (χ2v) is 7.77. The molecule has 2 N–H and O–H groups in total. The summed E-state index contributed by atoms with van der Waals surface area (Å²) in [6, 6.07) is 11.9. The van der Waals surface area contributed by atoms with Crippen molar-refractivity contribution in [2.24, 2.45) is 0 Å². The van der Waals surface area contributed by atoms with Gasteiger partial charge in [0.15, 0.2) is 0 Å². The molecule has 6 heteroatoms. The van der Waals surface area contributed by atoms with Gasteiger partial charge in [-0.1, -0.05) is 19.1 Å². The molecule has 0 aliphatic heterocycles. The predicted octanol–water partition coefficient (Wildman–Crippen LogP) is 3.65. The molecule has 1 heterocycles. The maximum atomic E-state index is 11.6. The van der Waals surface area contributed by atoms with Crippen molar-refractivity contribution in [3.8, 4) is 0 Å². The van der Waals surface area contributed by atoms with E-state index in [0.29, 0.717) is 5.69 Å². The van der Waals surface area contributed by atoms with Gasteiger partial charge in [0.25, 0.3) is 0 Å². The fourth-order valence-electron chi connectivity index (χ4n) is 2.54. The molecule has 24 heavy (non-hydrogen) atoms. The van der Waals surface area contributed by atoms with Crippen LogP contribution in [0.2, 0.25) is 0 Å². The number of anilines is 1. The summed E-state index contributed by atoms with van der Waals surface area (Å²) in [5, 5.41) is 3.61. The zero-order valence-electron chi connectivity index (χ0n) is 14.4. The highest BCUT2D eigenvalue weighted by Gasteiger charge is 2.14. The Morgan fingerprint density at radius 2 is 1.62 bits per heavy atom. The van der Waals surface area contributed by atoms with E-state index in [1.165, 1.54) is 5.56 Å². The van der Waals surface area contributed by atoms with Crippen LogP contribution in [0.15, 0.2) is 48.8 Å². The molecular weight excluding hydrogens is 322 g/mol. The summed E-state index contributed by atoms with van der Waals surface area (Å²) in [7, 11) is -3.24. The Morgan fingerprint density at radius 1 is 1.00 bits per heavy atom. The Morgan fingerprint density at radius 3 is 2.17 bits per heavy atom. The smallest absolute Gasteiger partial charge is 0.232 e. The molecule has 0 unspecified atom stereocenters. The minimum Gasteiger partial charge on any atom is -0.303 e. The summed E-state index contributed by atoms with van der Waals surface area (Å²) in [5.74, 6) is 0.0663. The lowest BCUT2D eigenvalue weighted by atomic mass is 10.0. The summed E-state index contributed by atoms with van der Waals surface area (Å²) < 4.78 is 25.8. The number of aromatic nitrogens is 1. The first kappa shape index (κ1) is 18.4. The van der Waals surface area contributed by atoms with E-state index < -0.39 is 10.0 Å². The van der Waals surface area contributed by atoms with E-state index in [9.17, 15) is 8.42 Å². The van der Waals surface area contributed by atoms with Crippen molar-refractivity contribution in [1.29, 1.82) is 0 Å². The number of hydrogen-bond acceptors (Lipinski definition) is 4. The Bertz CT molecular complexity index is 731. The average molecular weight is 347 g/mol. The van der Waals surface area contributed by atoms with Crippen LogP contribution >= 0.6 is 0 Å². The lowest BCUT2D eigenvalue weighted by molar-refractivity contribution is 0.456. The fourth-order valence-corrected chi connectivity index (χ4v) is 3.17. The quantitative estimate of drug-likeness (QED) is 0.765. The average Bonchev–Trinajstić information content (AvgIpc) is 2.60. The van der Waals surface area contributed by atoms with Gasteiger partial charge in [-0.2, -0.15) is 0 Å². The molecule has 1 aromatic heterocycles. The molecule has 2 rings (SSSR count). The highest BCUT2D eigenvalue weighted by molar-refractivity contribution is 7.92. The van der Waals surface area contributed by atoms with Crippen molar-refractivity contribution in [3.63, 3.8) is 0 Å². The van der Waals surface area contributed by atoms with Gasteiger partial charge in [0.1, 0.15) is 0 Å². The van der Waals surface area contributed by atoms with Crippen molar-refractivity contribution in [1.82, 2.24) is 10.3 Å². The SMILES string of the molecule is CC[C@H](N[C@H](C)c1ccc(NS(=O)(=O)CC)cc1)c1ccncc1. The van der Waals surface area contributed by atoms with Gasteiger partial charge >= 0.3 is 0 Å². The molecule has 0 radical (unpaired) electrons. The van der Waals surface area contributed by atoms with Crippen molar-refractivity contribution in [2.75, 3.05) is 10.5 Å². The molecule has 0 spiro atoms. The molecule has 2 aromatic rings. The molecule has 0 aliphatic carbocycles. The summed E-state index contributed by atoms with van der Waals surface area (Å²) in [6.07, 6.45) is 4.58. The number of nitrogens with one attached hydrogen (secondary N) is 2.